The number of ether oxygens (including phenoxy) is 1. The summed E-state index contributed by atoms with van der Waals surface area (Å²) >= 11 is 0. The van der Waals surface area contributed by atoms with Crippen molar-refractivity contribution in [2.24, 2.45) is 0 Å². The van der Waals surface area contributed by atoms with Crippen LogP contribution in [0.3, 0.4) is 0 Å². The molecule has 1 aromatic carbocycles. The summed E-state index contributed by atoms with van der Waals surface area (Å²) in [7, 11) is 0. The zero-order chi connectivity index (χ0) is 17.6. The van der Waals surface area contributed by atoms with Crippen LogP contribution in [0.15, 0.2) is 18.2 Å². The molecule has 0 spiro atoms. The van der Waals surface area contributed by atoms with Crippen molar-refractivity contribution in [2.45, 2.75) is 45.0 Å². The van der Waals surface area contributed by atoms with Crippen LogP contribution in [0.2, 0.25) is 0 Å². The zero-order valence-corrected chi connectivity index (χ0v) is 13.4. The van der Waals surface area contributed by atoms with Gasteiger partial charge in [0.2, 0.25) is 0 Å². The first-order valence-corrected chi connectivity index (χ1v) is 7.22. The van der Waals surface area contributed by atoms with Gasteiger partial charge in [-0.1, -0.05) is 12.1 Å². The van der Waals surface area contributed by atoms with E-state index >= 15 is 0 Å². The number of rotatable bonds is 6. The smallest absolute Gasteiger partial charge is 0.407 e. The van der Waals surface area contributed by atoms with E-state index in [1.807, 2.05) is 0 Å². The molecule has 0 fully saturated rings. The molecule has 6 nitrogen and oxygen atoms in total. The predicted molar refractivity (Wildman–Crippen MR) is 81.6 cm³/mol. The minimum atomic E-state index is -1.44. The summed E-state index contributed by atoms with van der Waals surface area (Å²) in [5, 5.41) is 22.4. The fraction of sp³-hybridized carbons (Fsp3) is 0.500. The lowest BCUT2D eigenvalue weighted by Crippen LogP contribution is -2.34. The number of hydrogen-bond acceptors (Lipinski definition) is 5. The molecule has 0 aliphatic heterocycles. The summed E-state index contributed by atoms with van der Waals surface area (Å²) in [6.07, 6.45) is -3.05. The molecule has 7 heteroatoms. The second kappa shape index (κ2) is 8.03. The van der Waals surface area contributed by atoms with Gasteiger partial charge in [-0.3, -0.25) is 4.79 Å². The molecule has 128 valence electrons. The number of aldehydes is 1. The molecule has 0 aliphatic rings. The van der Waals surface area contributed by atoms with Crippen molar-refractivity contribution in [2.75, 3.05) is 6.54 Å². The largest absolute Gasteiger partial charge is 0.444 e. The SMILES string of the molecule is CC(C)(C)OC(=O)NCCC(O)C(O)c1cccc(F)c1C=O. The van der Waals surface area contributed by atoms with E-state index in [-0.39, 0.29) is 24.1 Å². The minimum absolute atomic E-state index is 0.00441. The molecule has 23 heavy (non-hydrogen) atoms. The van der Waals surface area contributed by atoms with Crippen LogP contribution in [-0.4, -0.2) is 40.8 Å². The van der Waals surface area contributed by atoms with Gasteiger partial charge >= 0.3 is 6.09 Å². The van der Waals surface area contributed by atoms with E-state index in [2.05, 4.69) is 5.32 Å². The molecule has 1 amide bonds. The second-order valence-electron chi connectivity index (χ2n) is 6.09. The third-order valence-corrected chi connectivity index (χ3v) is 3.00. The van der Waals surface area contributed by atoms with Crippen LogP contribution in [-0.2, 0) is 4.74 Å². The lowest BCUT2D eigenvalue weighted by molar-refractivity contribution is 0.0118. The van der Waals surface area contributed by atoms with Crippen LogP contribution in [0.1, 0.15) is 49.2 Å². The molecule has 0 saturated carbocycles. The maximum Gasteiger partial charge on any atom is 0.407 e. The first kappa shape index (κ1) is 19.1. The topological polar surface area (TPSA) is 95.9 Å². The Morgan fingerprint density at radius 2 is 2.04 bits per heavy atom. The molecular formula is C16H22FNO5. The number of aliphatic hydroxyl groups excluding tert-OH is 2. The summed E-state index contributed by atoms with van der Waals surface area (Å²) < 4.78 is 18.5. The molecule has 0 saturated heterocycles. The van der Waals surface area contributed by atoms with E-state index in [4.69, 9.17) is 4.74 Å². The van der Waals surface area contributed by atoms with E-state index in [0.29, 0.717) is 6.29 Å². The highest BCUT2D eigenvalue weighted by Crippen LogP contribution is 2.23. The number of carbonyl (C=O) groups is 2. The van der Waals surface area contributed by atoms with E-state index in [0.717, 1.165) is 6.07 Å². The Balaban J connectivity index is 2.58. The van der Waals surface area contributed by atoms with Gasteiger partial charge in [-0.25, -0.2) is 9.18 Å². The summed E-state index contributed by atoms with van der Waals surface area (Å²) in [5.74, 6) is -0.768. The average Bonchev–Trinajstić information content (AvgIpc) is 2.44. The Labute approximate surface area is 134 Å². The highest BCUT2D eigenvalue weighted by molar-refractivity contribution is 5.78. The molecule has 2 unspecified atom stereocenters. The van der Waals surface area contributed by atoms with Crippen LogP contribution in [0.4, 0.5) is 9.18 Å². The van der Waals surface area contributed by atoms with Gasteiger partial charge in [0.05, 0.1) is 11.7 Å². The Morgan fingerprint density at radius 1 is 1.39 bits per heavy atom. The molecular weight excluding hydrogens is 305 g/mol. The van der Waals surface area contributed by atoms with Crippen molar-refractivity contribution >= 4 is 12.4 Å². The number of hydrogen-bond donors (Lipinski definition) is 3. The molecule has 2 atom stereocenters. The van der Waals surface area contributed by atoms with Crippen molar-refractivity contribution in [3.63, 3.8) is 0 Å². The van der Waals surface area contributed by atoms with Crippen LogP contribution in [0, 0.1) is 5.82 Å². The number of carbonyl (C=O) groups excluding carboxylic acids is 2. The van der Waals surface area contributed by atoms with E-state index in [9.17, 15) is 24.2 Å². The van der Waals surface area contributed by atoms with E-state index < -0.39 is 29.7 Å². The minimum Gasteiger partial charge on any atom is -0.444 e. The van der Waals surface area contributed by atoms with Gasteiger partial charge in [-0.05, 0) is 38.8 Å². The maximum absolute atomic E-state index is 13.5. The van der Waals surface area contributed by atoms with Crippen molar-refractivity contribution in [3.8, 4) is 0 Å². The molecule has 0 bridgehead atoms. The van der Waals surface area contributed by atoms with Crippen LogP contribution in [0.5, 0.6) is 0 Å². The molecule has 1 aromatic rings. The van der Waals surface area contributed by atoms with Gasteiger partial charge < -0.3 is 20.3 Å². The first-order chi connectivity index (χ1) is 10.7. The third-order valence-electron chi connectivity index (χ3n) is 3.00. The lowest BCUT2D eigenvalue weighted by atomic mass is 9.97. The quantitative estimate of drug-likeness (QED) is 0.694. The van der Waals surface area contributed by atoms with Gasteiger partial charge in [0.1, 0.15) is 17.5 Å². The molecule has 1 rings (SSSR count). The zero-order valence-electron chi connectivity index (χ0n) is 13.4. The number of amides is 1. The standard InChI is InChI=1S/C16H22FNO5/c1-16(2,3)23-15(22)18-8-7-13(20)14(21)10-5-4-6-12(17)11(10)9-19/h4-6,9,13-14,20-21H,7-8H2,1-3H3,(H,18,22). The molecule has 0 heterocycles. The van der Waals surface area contributed by atoms with Crippen LogP contribution < -0.4 is 5.32 Å². The highest BCUT2D eigenvalue weighted by atomic mass is 19.1. The molecule has 3 N–H and O–H groups in total. The predicted octanol–water partition coefficient (Wildman–Crippen LogP) is 1.95. The maximum atomic E-state index is 13.5. The van der Waals surface area contributed by atoms with E-state index in [1.165, 1.54) is 12.1 Å². The number of halogens is 1. The number of benzene rings is 1. The monoisotopic (exact) mass is 327 g/mol. The highest BCUT2D eigenvalue weighted by Gasteiger charge is 2.23. The van der Waals surface area contributed by atoms with Crippen molar-refractivity contribution in [1.29, 1.82) is 0 Å². The summed E-state index contributed by atoms with van der Waals surface area (Å²) in [4.78, 5) is 22.4. The van der Waals surface area contributed by atoms with Gasteiger partial charge in [-0.2, -0.15) is 0 Å². The summed E-state index contributed by atoms with van der Waals surface area (Å²) in [6, 6.07) is 3.80. The Morgan fingerprint density at radius 3 is 2.61 bits per heavy atom. The second-order valence-corrected chi connectivity index (χ2v) is 6.09. The Bertz CT molecular complexity index is 556. The lowest BCUT2D eigenvalue weighted by Gasteiger charge is -2.21. The van der Waals surface area contributed by atoms with Crippen LogP contribution in [0.25, 0.3) is 0 Å². The first-order valence-electron chi connectivity index (χ1n) is 7.22. The summed E-state index contributed by atoms with van der Waals surface area (Å²) in [5.41, 5.74) is -0.924. The fourth-order valence-corrected chi connectivity index (χ4v) is 1.94. The van der Waals surface area contributed by atoms with Gasteiger partial charge in [0.25, 0.3) is 0 Å². The van der Waals surface area contributed by atoms with Gasteiger partial charge in [0, 0.05) is 6.54 Å². The number of alkyl carbamates (subject to hydrolysis) is 1. The molecule has 0 radical (unpaired) electrons. The van der Waals surface area contributed by atoms with Crippen molar-refractivity contribution in [3.05, 3.63) is 35.1 Å². The number of nitrogens with one attached hydrogen (secondary N) is 1. The molecule has 0 aromatic heterocycles. The third kappa shape index (κ3) is 5.96. The van der Waals surface area contributed by atoms with Gasteiger partial charge in [0.15, 0.2) is 6.29 Å². The number of aliphatic hydroxyl groups is 2. The molecule has 0 aliphatic carbocycles. The normalized spacial score (nSPS) is 14.0. The van der Waals surface area contributed by atoms with E-state index in [1.54, 1.807) is 20.8 Å². The van der Waals surface area contributed by atoms with Crippen molar-refractivity contribution in [1.82, 2.24) is 5.32 Å². The van der Waals surface area contributed by atoms with Crippen LogP contribution >= 0.6 is 0 Å². The Hall–Kier alpha value is -1.99. The summed E-state index contributed by atoms with van der Waals surface area (Å²) in [6.45, 7) is 5.21. The van der Waals surface area contributed by atoms with Crippen molar-refractivity contribution < 1.29 is 28.9 Å². The average molecular weight is 327 g/mol. The fourth-order valence-electron chi connectivity index (χ4n) is 1.94. The van der Waals surface area contributed by atoms with Gasteiger partial charge in [-0.15, -0.1) is 0 Å². The Kier molecular flexibility index (Phi) is 6.65.